The molecule has 1 fully saturated rings. The van der Waals surface area contributed by atoms with Crippen LogP contribution in [0.2, 0.25) is 0 Å². The highest BCUT2D eigenvalue weighted by Gasteiger charge is 2.35. The number of thioether (sulfide) groups is 1. The van der Waals surface area contributed by atoms with Crippen LogP contribution < -0.4 is 5.32 Å². The zero-order valence-electron chi connectivity index (χ0n) is 8.98. The molecule has 0 saturated carbocycles. The van der Waals surface area contributed by atoms with Crippen LogP contribution in [0.15, 0.2) is 0 Å². The zero-order valence-corrected chi connectivity index (χ0v) is 10.6. The van der Waals surface area contributed by atoms with Crippen LogP contribution in [-0.2, 0) is 9.84 Å². The predicted molar refractivity (Wildman–Crippen MR) is 64.1 cm³/mol. The van der Waals surface area contributed by atoms with Gasteiger partial charge in [0, 0.05) is 6.04 Å². The summed E-state index contributed by atoms with van der Waals surface area (Å²) in [4.78, 5) is 0. The van der Waals surface area contributed by atoms with E-state index in [9.17, 15) is 13.5 Å². The molecule has 1 aliphatic rings. The molecule has 2 unspecified atom stereocenters. The number of hydrogen-bond acceptors (Lipinski definition) is 5. The molecule has 15 heavy (non-hydrogen) atoms. The van der Waals surface area contributed by atoms with Crippen LogP contribution in [-0.4, -0.2) is 55.7 Å². The van der Waals surface area contributed by atoms with Crippen LogP contribution in [0.25, 0.3) is 0 Å². The molecule has 6 heteroatoms. The van der Waals surface area contributed by atoms with Gasteiger partial charge in [-0.15, -0.1) is 0 Å². The van der Waals surface area contributed by atoms with Gasteiger partial charge in [0.25, 0.3) is 0 Å². The molecule has 2 N–H and O–H groups in total. The molecule has 1 heterocycles. The Balaban J connectivity index is 2.17. The van der Waals surface area contributed by atoms with Gasteiger partial charge in [-0.1, -0.05) is 0 Å². The van der Waals surface area contributed by atoms with Gasteiger partial charge < -0.3 is 10.4 Å². The normalized spacial score (nSPS) is 29.5. The minimum atomic E-state index is -3.01. The first-order valence-electron chi connectivity index (χ1n) is 5.16. The Bertz CT molecular complexity index is 279. The van der Waals surface area contributed by atoms with Gasteiger partial charge in [-0.05, 0) is 31.4 Å². The predicted octanol–water partition coefficient (Wildman–Crippen LogP) is -0.123. The Kier molecular flexibility index (Phi) is 5.38. The average Bonchev–Trinajstić information content (AvgIpc) is 2.39. The van der Waals surface area contributed by atoms with Crippen molar-refractivity contribution in [1.82, 2.24) is 5.32 Å². The Morgan fingerprint density at radius 1 is 1.40 bits per heavy atom. The minimum absolute atomic E-state index is 0.0801. The van der Waals surface area contributed by atoms with E-state index in [2.05, 4.69) is 11.6 Å². The van der Waals surface area contributed by atoms with E-state index in [0.717, 1.165) is 25.1 Å². The van der Waals surface area contributed by atoms with Crippen molar-refractivity contribution in [3.05, 3.63) is 0 Å². The third-order valence-electron chi connectivity index (χ3n) is 2.50. The van der Waals surface area contributed by atoms with Crippen molar-refractivity contribution in [2.45, 2.75) is 25.0 Å². The van der Waals surface area contributed by atoms with Gasteiger partial charge in [-0.25, -0.2) is 8.42 Å². The lowest BCUT2D eigenvalue weighted by molar-refractivity contribution is 0.166. The maximum Gasteiger partial charge on any atom is 0.154 e. The highest BCUT2D eigenvalue weighted by Crippen LogP contribution is 2.12. The molecule has 0 bridgehead atoms. The number of nitrogens with one attached hydrogen (secondary N) is 1. The summed E-state index contributed by atoms with van der Waals surface area (Å²) in [7, 11) is -3.01. The number of unbranched alkanes of at least 4 members (excludes halogenated alkanes) is 1. The average molecular weight is 253 g/mol. The maximum atomic E-state index is 11.2. The van der Waals surface area contributed by atoms with E-state index < -0.39 is 15.9 Å². The molecule has 1 rings (SSSR count). The molecule has 0 aromatic carbocycles. The zero-order chi connectivity index (χ0) is 11.3. The standard InChI is InChI=1S/C9H19NO3S2/c1-14-5-3-2-4-10-8-6-15(12,13)7-9(8)11/h8-11H,2-7H2,1H3. The summed E-state index contributed by atoms with van der Waals surface area (Å²) in [6.45, 7) is 0.789. The first-order chi connectivity index (χ1) is 7.05. The second-order valence-electron chi connectivity index (χ2n) is 3.90. The largest absolute Gasteiger partial charge is 0.390 e. The van der Waals surface area contributed by atoms with Crippen LogP contribution in [0.4, 0.5) is 0 Å². The van der Waals surface area contributed by atoms with Gasteiger partial charge in [0.1, 0.15) is 0 Å². The molecule has 0 aromatic rings. The van der Waals surface area contributed by atoms with E-state index in [1.54, 1.807) is 0 Å². The number of hydrogen-bond donors (Lipinski definition) is 2. The van der Waals surface area contributed by atoms with Crippen molar-refractivity contribution in [2.75, 3.05) is 30.1 Å². The van der Waals surface area contributed by atoms with E-state index in [4.69, 9.17) is 0 Å². The second-order valence-corrected chi connectivity index (χ2v) is 7.04. The molecule has 90 valence electrons. The molecule has 4 nitrogen and oxygen atoms in total. The van der Waals surface area contributed by atoms with Gasteiger partial charge >= 0.3 is 0 Å². The fraction of sp³-hybridized carbons (Fsp3) is 1.00. The summed E-state index contributed by atoms with van der Waals surface area (Å²) in [6, 6.07) is -0.260. The number of aliphatic hydroxyl groups is 1. The molecular formula is C9H19NO3S2. The third kappa shape index (κ3) is 4.72. The van der Waals surface area contributed by atoms with Gasteiger partial charge in [0.2, 0.25) is 0 Å². The summed E-state index contributed by atoms with van der Waals surface area (Å²) in [5, 5.41) is 12.6. The smallest absolute Gasteiger partial charge is 0.154 e. The Hall–Kier alpha value is 0.220. The summed E-state index contributed by atoms with van der Waals surface area (Å²) in [5.41, 5.74) is 0. The molecule has 0 amide bonds. The lowest BCUT2D eigenvalue weighted by atomic mass is 10.2. The van der Waals surface area contributed by atoms with Crippen molar-refractivity contribution in [2.24, 2.45) is 0 Å². The topological polar surface area (TPSA) is 66.4 Å². The highest BCUT2D eigenvalue weighted by molar-refractivity contribution is 7.98. The van der Waals surface area contributed by atoms with E-state index in [1.165, 1.54) is 0 Å². The van der Waals surface area contributed by atoms with E-state index in [1.807, 2.05) is 11.8 Å². The summed E-state index contributed by atoms with van der Waals surface area (Å²) >= 11 is 1.81. The lowest BCUT2D eigenvalue weighted by Gasteiger charge is -2.14. The fourth-order valence-corrected chi connectivity index (χ4v) is 3.95. The molecule has 0 aliphatic carbocycles. The third-order valence-corrected chi connectivity index (χ3v) is 4.92. The monoisotopic (exact) mass is 253 g/mol. The van der Waals surface area contributed by atoms with Crippen LogP contribution in [0, 0.1) is 0 Å². The number of aliphatic hydroxyl groups excluding tert-OH is 1. The van der Waals surface area contributed by atoms with Crippen molar-refractivity contribution in [3.63, 3.8) is 0 Å². The van der Waals surface area contributed by atoms with E-state index >= 15 is 0 Å². The van der Waals surface area contributed by atoms with Gasteiger partial charge in [-0.3, -0.25) is 0 Å². The molecule has 0 spiro atoms. The summed E-state index contributed by atoms with van der Waals surface area (Å²) in [5.74, 6) is 1.12. The summed E-state index contributed by atoms with van der Waals surface area (Å²) in [6.07, 6.45) is 3.50. The molecule has 1 saturated heterocycles. The van der Waals surface area contributed by atoms with Crippen LogP contribution >= 0.6 is 11.8 Å². The van der Waals surface area contributed by atoms with Gasteiger partial charge in [0.05, 0.1) is 17.6 Å². The van der Waals surface area contributed by atoms with Crippen LogP contribution in [0.1, 0.15) is 12.8 Å². The molecular weight excluding hydrogens is 234 g/mol. The molecule has 1 aliphatic heterocycles. The van der Waals surface area contributed by atoms with Gasteiger partial charge in [0.15, 0.2) is 9.84 Å². The van der Waals surface area contributed by atoms with Crippen LogP contribution in [0.5, 0.6) is 0 Å². The molecule has 0 radical (unpaired) electrons. The van der Waals surface area contributed by atoms with Gasteiger partial charge in [-0.2, -0.15) is 11.8 Å². The Morgan fingerprint density at radius 2 is 2.13 bits per heavy atom. The van der Waals surface area contributed by atoms with Crippen molar-refractivity contribution in [1.29, 1.82) is 0 Å². The highest BCUT2D eigenvalue weighted by atomic mass is 32.2. The van der Waals surface area contributed by atoms with Crippen molar-refractivity contribution < 1.29 is 13.5 Å². The lowest BCUT2D eigenvalue weighted by Crippen LogP contribution is -2.39. The van der Waals surface area contributed by atoms with Crippen LogP contribution in [0.3, 0.4) is 0 Å². The molecule has 2 atom stereocenters. The van der Waals surface area contributed by atoms with E-state index in [-0.39, 0.29) is 17.5 Å². The van der Waals surface area contributed by atoms with Crippen molar-refractivity contribution >= 4 is 21.6 Å². The Labute approximate surface area is 95.7 Å². The molecule has 0 aromatic heterocycles. The number of sulfone groups is 1. The maximum absolute atomic E-state index is 11.2. The fourth-order valence-electron chi connectivity index (χ4n) is 1.68. The van der Waals surface area contributed by atoms with Crippen molar-refractivity contribution in [3.8, 4) is 0 Å². The number of rotatable bonds is 6. The quantitative estimate of drug-likeness (QED) is 0.646. The first-order valence-corrected chi connectivity index (χ1v) is 8.37. The SMILES string of the molecule is CSCCCCNC1CS(=O)(=O)CC1O. The Morgan fingerprint density at radius 3 is 2.67 bits per heavy atom. The summed E-state index contributed by atoms with van der Waals surface area (Å²) < 4.78 is 22.4. The van der Waals surface area contributed by atoms with E-state index in [0.29, 0.717) is 0 Å². The minimum Gasteiger partial charge on any atom is -0.390 e. The first kappa shape index (κ1) is 13.3. The second kappa shape index (κ2) is 6.08.